The number of carboxylic acid groups (broad SMARTS) is 1. The molecule has 1 fully saturated rings. The highest BCUT2D eigenvalue weighted by Gasteiger charge is 2.26. The molecule has 1 aliphatic carbocycles. The van der Waals surface area contributed by atoms with E-state index in [0.29, 0.717) is 38.3 Å². The summed E-state index contributed by atoms with van der Waals surface area (Å²) < 4.78 is 5.21. The number of hydrazine groups is 1. The maximum atomic E-state index is 11.8. The fraction of sp³-hybridized carbons (Fsp3) is 0.833. The SMILES string of the molecule is CC[C@@H](CNNC(=O)NCC1CCC(C(=O)O)CC1)NC(=O)OC(C)(C)C. The smallest absolute Gasteiger partial charge is 0.407 e. The van der Waals surface area contributed by atoms with Gasteiger partial charge in [-0.15, -0.1) is 0 Å². The van der Waals surface area contributed by atoms with E-state index in [1.165, 1.54) is 0 Å². The Morgan fingerprint density at radius 1 is 1.15 bits per heavy atom. The average Bonchev–Trinajstić information content (AvgIpc) is 2.57. The van der Waals surface area contributed by atoms with Gasteiger partial charge in [-0.25, -0.2) is 15.0 Å². The number of alkyl carbamates (subject to hydrolysis) is 1. The van der Waals surface area contributed by atoms with Crippen LogP contribution in [-0.2, 0) is 9.53 Å². The summed E-state index contributed by atoms with van der Waals surface area (Å²) in [5, 5.41) is 14.5. The molecule has 0 saturated heterocycles. The van der Waals surface area contributed by atoms with Crippen molar-refractivity contribution in [2.24, 2.45) is 11.8 Å². The molecule has 1 aliphatic rings. The van der Waals surface area contributed by atoms with Crippen molar-refractivity contribution >= 4 is 18.1 Å². The van der Waals surface area contributed by atoms with Crippen molar-refractivity contribution in [1.82, 2.24) is 21.5 Å². The Labute approximate surface area is 160 Å². The van der Waals surface area contributed by atoms with E-state index in [0.717, 1.165) is 12.8 Å². The minimum Gasteiger partial charge on any atom is -0.481 e. The van der Waals surface area contributed by atoms with Gasteiger partial charge in [0.2, 0.25) is 0 Å². The highest BCUT2D eigenvalue weighted by Crippen LogP contribution is 2.28. The first-order valence-electron chi connectivity index (χ1n) is 9.59. The van der Waals surface area contributed by atoms with Gasteiger partial charge in [-0.2, -0.15) is 0 Å². The van der Waals surface area contributed by atoms with Crippen molar-refractivity contribution in [2.45, 2.75) is 71.4 Å². The molecular formula is C18H34N4O5. The molecule has 1 atom stereocenters. The van der Waals surface area contributed by atoms with E-state index in [4.69, 9.17) is 9.84 Å². The lowest BCUT2D eigenvalue weighted by atomic mass is 9.82. The third-order valence-electron chi connectivity index (χ3n) is 4.51. The van der Waals surface area contributed by atoms with Crippen molar-refractivity contribution in [2.75, 3.05) is 13.1 Å². The lowest BCUT2D eigenvalue weighted by Crippen LogP contribution is -2.51. The van der Waals surface area contributed by atoms with Crippen LogP contribution >= 0.6 is 0 Å². The molecule has 1 saturated carbocycles. The lowest BCUT2D eigenvalue weighted by molar-refractivity contribution is -0.143. The van der Waals surface area contributed by atoms with Crippen LogP contribution in [0.1, 0.15) is 59.8 Å². The highest BCUT2D eigenvalue weighted by atomic mass is 16.6. The molecule has 0 aliphatic heterocycles. The van der Waals surface area contributed by atoms with Crippen molar-refractivity contribution < 1.29 is 24.2 Å². The molecule has 0 aromatic rings. The van der Waals surface area contributed by atoms with Gasteiger partial charge in [0, 0.05) is 19.1 Å². The molecule has 0 aromatic heterocycles. The molecule has 9 heteroatoms. The Morgan fingerprint density at radius 2 is 1.78 bits per heavy atom. The topological polar surface area (TPSA) is 129 Å². The average molecular weight is 386 g/mol. The third-order valence-corrected chi connectivity index (χ3v) is 4.51. The molecule has 0 bridgehead atoms. The van der Waals surface area contributed by atoms with Crippen LogP contribution in [0.15, 0.2) is 0 Å². The molecule has 1 rings (SSSR count). The standard InChI is InChI=1S/C18H34N4O5/c1-5-14(21-17(26)27-18(2,3)4)11-20-22-16(25)19-10-12-6-8-13(9-7-12)15(23)24/h12-14,20H,5-11H2,1-4H3,(H,21,26)(H,23,24)(H2,19,22,25)/t12?,13?,14-/m0/s1. The fourth-order valence-corrected chi connectivity index (χ4v) is 2.92. The van der Waals surface area contributed by atoms with E-state index in [2.05, 4.69) is 21.5 Å². The maximum Gasteiger partial charge on any atom is 0.407 e. The van der Waals surface area contributed by atoms with Crippen molar-refractivity contribution in [3.63, 3.8) is 0 Å². The van der Waals surface area contributed by atoms with Crippen LogP contribution in [-0.4, -0.2) is 47.9 Å². The number of hydrogen-bond donors (Lipinski definition) is 5. The van der Waals surface area contributed by atoms with Crippen LogP contribution in [0.3, 0.4) is 0 Å². The van der Waals surface area contributed by atoms with Gasteiger partial charge in [0.25, 0.3) is 0 Å². The summed E-state index contributed by atoms with van der Waals surface area (Å²) in [6, 6.07) is -0.520. The van der Waals surface area contributed by atoms with Gasteiger partial charge in [-0.05, 0) is 58.8 Å². The van der Waals surface area contributed by atoms with Gasteiger partial charge >= 0.3 is 18.1 Å². The number of rotatable bonds is 8. The summed E-state index contributed by atoms with van der Waals surface area (Å²) in [5.41, 5.74) is 4.80. The zero-order chi connectivity index (χ0) is 20.4. The number of carbonyl (C=O) groups excluding carboxylic acids is 2. The van der Waals surface area contributed by atoms with E-state index < -0.39 is 17.7 Å². The van der Waals surface area contributed by atoms with E-state index in [1.807, 2.05) is 6.92 Å². The van der Waals surface area contributed by atoms with Gasteiger partial charge < -0.3 is 20.5 Å². The molecule has 5 N–H and O–H groups in total. The van der Waals surface area contributed by atoms with Crippen LogP contribution in [0.25, 0.3) is 0 Å². The monoisotopic (exact) mass is 386 g/mol. The molecular weight excluding hydrogens is 352 g/mol. The normalized spacial score (nSPS) is 21.0. The van der Waals surface area contributed by atoms with Crippen LogP contribution in [0.4, 0.5) is 9.59 Å². The second-order valence-corrected chi connectivity index (χ2v) is 8.02. The van der Waals surface area contributed by atoms with E-state index in [-0.39, 0.29) is 18.0 Å². The molecule has 0 unspecified atom stereocenters. The first-order chi connectivity index (χ1) is 12.6. The molecule has 27 heavy (non-hydrogen) atoms. The fourth-order valence-electron chi connectivity index (χ4n) is 2.92. The summed E-state index contributed by atoms with van der Waals surface area (Å²) in [6.07, 6.45) is 3.14. The quantitative estimate of drug-likeness (QED) is 0.406. The van der Waals surface area contributed by atoms with Crippen LogP contribution < -0.4 is 21.5 Å². The van der Waals surface area contributed by atoms with Crippen molar-refractivity contribution in [1.29, 1.82) is 0 Å². The molecule has 3 amide bonds. The summed E-state index contributed by atoms with van der Waals surface area (Å²) in [5.74, 6) is -0.669. The Kier molecular flexibility index (Phi) is 9.34. The Morgan fingerprint density at radius 3 is 2.30 bits per heavy atom. The van der Waals surface area contributed by atoms with Crippen molar-refractivity contribution in [3.8, 4) is 0 Å². The van der Waals surface area contributed by atoms with Crippen LogP contribution in [0.5, 0.6) is 0 Å². The first-order valence-corrected chi connectivity index (χ1v) is 9.59. The second kappa shape index (κ2) is 11.0. The van der Waals surface area contributed by atoms with Crippen molar-refractivity contribution in [3.05, 3.63) is 0 Å². The van der Waals surface area contributed by atoms with Crippen LogP contribution in [0, 0.1) is 11.8 Å². The van der Waals surface area contributed by atoms with E-state index in [1.54, 1.807) is 20.8 Å². The summed E-state index contributed by atoms with van der Waals surface area (Å²) >= 11 is 0. The maximum absolute atomic E-state index is 11.8. The summed E-state index contributed by atoms with van der Waals surface area (Å²) in [4.78, 5) is 34.6. The second-order valence-electron chi connectivity index (χ2n) is 8.02. The number of carboxylic acids is 1. The summed E-state index contributed by atoms with van der Waals surface area (Å²) in [6.45, 7) is 8.21. The molecule has 0 aromatic carbocycles. The number of carbonyl (C=O) groups is 3. The zero-order valence-electron chi connectivity index (χ0n) is 16.8. The molecule has 9 nitrogen and oxygen atoms in total. The predicted octanol–water partition coefficient (Wildman–Crippen LogP) is 1.98. The highest BCUT2D eigenvalue weighted by molar-refractivity contribution is 5.73. The van der Waals surface area contributed by atoms with Gasteiger partial charge in [0.1, 0.15) is 5.60 Å². The number of aliphatic carboxylic acids is 1. The molecule has 156 valence electrons. The van der Waals surface area contributed by atoms with Gasteiger partial charge in [0.15, 0.2) is 0 Å². The first kappa shape index (κ1) is 23.0. The van der Waals surface area contributed by atoms with E-state index in [9.17, 15) is 14.4 Å². The van der Waals surface area contributed by atoms with Gasteiger partial charge in [0.05, 0.1) is 5.92 Å². The molecule has 0 heterocycles. The lowest BCUT2D eigenvalue weighted by Gasteiger charge is -2.26. The Balaban J connectivity index is 2.18. The number of hydrogen-bond acceptors (Lipinski definition) is 5. The van der Waals surface area contributed by atoms with Gasteiger partial charge in [-0.3, -0.25) is 10.2 Å². The summed E-state index contributed by atoms with van der Waals surface area (Å²) in [7, 11) is 0. The third kappa shape index (κ3) is 10.0. The number of urea groups is 1. The Bertz CT molecular complexity index is 498. The molecule has 0 spiro atoms. The minimum absolute atomic E-state index is 0.175. The van der Waals surface area contributed by atoms with Crippen LogP contribution in [0.2, 0.25) is 0 Å². The van der Waals surface area contributed by atoms with E-state index >= 15 is 0 Å². The largest absolute Gasteiger partial charge is 0.481 e. The zero-order valence-corrected chi connectivity index (χ0v) is 16.8. The minimum atomic E-state index is -0.728. The predicted molar refractivity (Wildman–Crippen MR) is 101 cm³/mol. The number of amides is 3. The number of ether oxygens (including phenoxy) is 1. The van der Waals surface area contributed by atoms with Gasteiger partial charge in [-0.1, -0.05) is 6.92 Å². The number of nitrogens with one attached hydrogen (secondary N) is 4. The Hall–Kier alpha value is -2.03. The molecule has 0 radical (unpaired) electrons.